The van der Waals surface area contributed by atoms with Gasteiger partial charge in [-0.25, -0.2) is 4.98 Å². The van der Waals surface area contributed by atoms with E-state index in [-0.39, 0.29) is 0 Å². The van der Waals surface area contributed by atoms with E-state index in [1.807, 2.05) is 24.3 Å². The highest BCUT2D eigenvalue weighted by molar-refractivity contribution is 5.81. The molecule has 2 N–H and O–H groups in total. The zero-order valence-electron chi connectivity index (χ0n) is 11.9. The first kappa shape index (κ1) is 14.4. The summed E-state index contributed by atoms with van der Waals surface area (Å²) in [6, 6.07) is 14.2. The molecule has 1 aromatic heterocycles. The summed E-state index contributed by atoms with van der Waals surface area (Å²) in [5.74, 6) is 0.00452. The van der Waals surface area contributed by atoms with Crippen molar-refractivity contribution in [3.8, 4) is 11.5 Å². The van der Waals surface area contributed by atoms with Gasteiger partial charge in [-0.1, -0.05) is 24.3 Å². The summed E-state index contributed by atoms with van der Waals surface area (Å²) in [6.45, 7) is 1.24. The third kappa shape index (κ3) is 2.64. The monoisotopic (exact) mass is 297 g/mol. The maximum atomic E-state index is 11.1. The van der Waals surface area contributed by atoms with E-state index >= 15 is 0 Å². The molecule has 0 amide bonds. The van der Waals surface area contributed by atoms with E-state index in [0.717, 1.165) is 11.1 Å². The second-order valence-corrected chi connectivity index (χ2v) is 5.11. The van der Waals surface area contributed by atoms with E-state index in [0.29, 0.717) is 17.0 Å². The van der Waals surface area contributed by atoms with Gasteiger partial charge in [0.05, 0.1) is 0 Å². The highest BCUT2D eigenvalue weighted by Crippen LogP contribution is 2.26. The molecule has 0 fully saturated rings. The molecule has 1 heterocycles. The van der Waals surface area contributed by atoms with Gasteiger partial charge in [-0.2, -0.15) is 0 Å². The maximum absolute atomic E-state index is 11.1. The molecule has 3 rings (SSSR count). The fourth-order valence-corrected chi connectivity index (χ4v) is 2.22. The topological polar surface area (TPSA) is 83.6 Å². The minimum absolute atomic E-state index is 0.461. The van der Waals surface area contributed by atoms with Crippen molar-refractivity contribution in [1.29, 1.82) is 0 Å². The average Bonchev–Trinajstić information content (AvgIpc) is 2.97. The van der Waals surface area contributed by atoms with E-state index in [1.54, 1.807) is 24.3 Å². The molecule has 2 aromatic carbocycles. The summed E-state index contributed by atoms with van der Waals surface area (Å²) in [7, 11) is 0. The Balaban J connectivity index is 1.89. The number of carbonyl (C=O) groups excluding carboxylic acids is 1. The number of para-hydroxylation sites is 2. The average molecular weight is 297 g/mol. The molecule has 22 heavy (non-hydrogen) atoms. The zero-order chi connectivity index (χ0) is 15.7. The molecule has 0 aliphatic heterocycles. The van der Waals surface area contributed by atoms with Gasteiger partial charge in [-0.3, -0.25) is 4.79 Å². The number of rotatable bonds is 4. The van der Waals surface area contributed by atoms with Gasteiger partial charge in [0.2, 0.25) is 5.89 Å². The fraction of sp³-hybridized carbons (Fsp3) is 0.176. The van der Waals surface area contributed by atoms with Crippen LogP contribution in [-0.2, 0) is 4.79 Å². The highest BCUT2D eigenvalue weighted by Gasteiger charge is 2.22. The molecule has 0 bridgehead atoms. The number of aliphatic hydroxyl groups excluding tert-OH is 2. The third-order valence-electron chi connectivity index (χ3n) is 3.51. The van der Waals surface area contributed by atoms with Crippen molar-refractivity contribution >= 4 is 16.9 Å². The van der Waals surface area contributed by atoms with E-state index < -0.39 is 18.0 Å². The Labute approximate surface area is 126 Å². The molecule has 2 atom stereocenters. The predicted octanol–water partition coefficient (Wildman–Crippen LogP) is 2.48. The molecule has 1 unspecified atom stereocenters. The van der Waals surface area contributed by atoms with Crippen LogP contribution >= 0.6 is 0 Å². The molecule has 0 saturated heterocycles. The van der Waals surface area contributed by atoms with Crippen LogP contribution < -0.4 is 0 Å². The lowest BCUT2D eigenvalue weighted by atomic mass is 10.0. The fourth-order valence-electron chi connectivity index (χ4n) is 2.22. The van der Waals surface area contributed by atoms with E-state index in [1.165, 1.54) is 6.92 Å². The van der Waals surface area contributed by atoms with Gasteiger partial charge in [-0.05, 0) is 36.8 Å². The normalized spacial score (nSPS) is 14.0. The number of ketones is 1. The van der Waals surface area contributed by atoms with E-state index in [4.69, 9.17) is 4.42 Å². The smallest absolute Gasteiger partial charge is 0.227 e. The first-order chi connectivity index (χ1) is 10.6. The minimum atomic E-state index is -1.42. The Kier molecular flexibility index (Phi) is 3.75. The van der Waals surface area contributed by atoms with E-state index in [2.05, 4.69) is 4.98 Å². The summed E-state index contributed by atoms with van der Waals surface area (Å²) in [5, 5.41) is 19.5. The molecular weight excluding hydrogens is 282 g/mol. The number of hydrogen-bond acceptors (Lipinski definition) is 5. The van der Waals surface area contributed by atoms with Crippen LogP contribution in [0.15, 0.2) is 52.9 Å². The Bertz CT molecular complexity index is 774. The summed E-state index contributed by atoms with van der Waals surface area (Å²) >= 11 is 0. The van der Waals surface area contributed by atoms with Gasteiger partial charge in [0.25, 0.3) is 0 Å². The lowest BCUT2D eigenvalue weighted by Gasteiger charge is -2.15. The Hall–Kier alpha value is -2.50. The van der Waals surface area contributed by atoms with Gasteiger partial charge in [-0.15, -0.1) is 0 Å². The van der Waals surface area contributed by atoms with Crippen LogP contribution in [0.5, 0.6) is 0 Å². The number of benzene rings is 2. The number of aliphatic hydroxyl groups is 2. The molecule has 0 aliphatic carbocycles. The Morgan fingerprint density at radius 2 is 1.77 bits per heavy atom. The second kappa shape index (κ2) is 5.71. The molecule has 112 valence electrons. The largest absolute Gasteiger partial charge is 0.436 e. The van der Waals surface area contributed by atoms with Crippen molar-refractivity contribution < 1.29 is 19.4 Å². The Morgan fingerprint density at radius 3 is 2.41 bits per heavy atom. The van der Waals surface area contributed by atoms with E-state index in [9.17, 15) is 15.0 Å². The van der Waals surface area contributed by atoms with Gasteiger partial charge in [0.1, 0.15) is 17.7 Å². The number of nitrogens with zero attached hydrogens (tertiary/aromatic N) is 1. The summed E-state index contributed by atoms with van der Waals surface area (Å²) in [5.41, 5.74) is 2.69. The number of Topliss-reactive ketones (excluding diaryl/α,β-unsaturated/α-hetero) is 1. The van der Waals surface area contributed by atoms with Gasteiger partial charge < -0.3 is 14.6 Å². The minimum Gasteiger partial charge on any atom is -0.436 e. The lowest BCUT2D eigenvalue weighted by molar-refractivity contribution is -0.130. The lowest BCUT2D eigenvalue weighted by Crippen LogP contribution is -2.25. The number of hydrogen-bond donors (Lipinski definition) is 2. The standard InChI is InChI=1S/C17H15NO4/c1-10(19)15(20)16(21)11-6-8-12(9-7-11)17-18-13-4-2-3-5-14(13)22-17/h2-9,15-16,20-21H,1H3/t15-,16?/m1/s1. The van der Waals surface area contributed by atoms with Gasteiger partial charge in [0.15, 0.2) is 11.4 Å². The molecule has 0 saturated carbocycles. The third-order valence-corrected chi connectivity index (χ3v) is 3.51. The van der Waals surface area contributed by atoms with Crippen LogP contribution in [-0.4, -0.2) is 27.1 Å². The first-order valence-corrected chi connectivity index (χ1v) is 6.89. The van der Waals surface area contributed by atoms with Crippen LogP contribution in [0.3, 0.4) is 0 Å². The first-order valence-electron chi connectivity index (χ1n) is 6.89. The molecule has 5 heteroatoms. The van der Waals surface area contributed by atoms with Gasteiger partial charge in [0, 0.05) is 5.56 Å². The van der Waals surface area contributed by atoms with Gasteiger partial charge >= 0.3 is 0 Å². The van der Waals surface area contributed by atoms with Crippen molar-refractivity contribution in [3.05, 3.63) is 54.1 Å². The zero-order valence-corrected chi connectivity index (χ0v) is 11.9. The molecule has 0 spiro atoms. The molecule has 5 nitrogen and oxygen atoms in total. The Morgan fingerprint density at radius 1 is 1.09 bits per heavy atom. The van der Waals surface area contributed by atoms with Crippen LogP contribution in [0, 0.1) is 0 Å². The summed E-state index contributed by atoms with van der Waals surface area (Å²) in [6.07, 6.45) is -2.66. The summed E-state index contributed by atoms with van der Waals surface area (Å²) in [4.78, 5) is 15.5. The predicted molar refractivity (Wildman–Crippen MR) is 81.1 cm³/mol. The second-order valence-electron chi connectivity index (χ2n) is 5.11. The molecule has 0 radical (unpaired) electrons. The highest BCUT2D eigenvalue weighted by atomic mass is 16.3. The SMILES string of the molecule is CC(=O)[C@@H](O)C(O)c1ccc(-c2nc3ccccc3o2)cc1. The van der Waals surface area contributed by atoms with Crippen molar-refractivity contribution in [2.75, 3.05) is 0 Å². The van der Waals surface area contributed by atoms with Crippen LogP contribution in [0.2, 0.25) is 0 Å². The molecule has 3 aromatic rings. The number of fused-ring (bicyclic) bond motifs is 1. The summed E-state index contributed by atoms with van der Waals surface area (Å²) < 4.78 is 5.66. The maximum Gasteiger partial charge on any atom is 0.227 e. The van der Waals surface area contributed by atoms with Crippen LogP contribution in [0.4, 0.5) is 0 Å². The molecular formula is C17H15NO4. The molecule has 0 aliphatic rings. The van der Waals surface area contributed by atoms with Crippen LogP contribution in [0.1, 0.15) is 18.6 Å². The number of carbonyl (C=O) groups is 1. The quantitative estimate of drug-likeness (QED) is 0.773. The van der Waals surface area contributed by atoms with Crippen molar-refractivity contribution in [1.82, 2.24) is 4.98 Å². The number of aromatic nitrogens is 1. The van der Waals surface area contributed by atoms with Crippen molar-refractivity contribution in [2.45, 2.75) is 19.1 Å². The van der Waals surface area contributed by atoms with Crippen molar-refractivity contribution in [2.24, 2.45) is 0 Å². The van der Waals surface area contributed by atoms with Crippen LogP contribution in [0.25, 0.3) is 22.6 Å². The van der Waals surface area contributed by atoms with Crippen molar-refractivity contribution in [3.63, 3.8) is 0 Å². The number of oxazole rings is 1.